The number of nitrogens with zero attached hydrogens (tertiary/aromatic N) is 1. The summed E-state index contributed by atoms with van der Waals surface area (Å²) in [5.41, 5.74) is 3.51. The first kappa shape index (κ1) is 14.6. The number of hydrogen-bond acceptors (Lipinski definition) is 3. The molecule has 2 rings (SSSR count). The zero-order valence-corrected chi connectivity index (χ0v) is 13.0. The molecule has 0 bridgehead atoms. The number of hydrogen-bond donors (Lipinski definition) is 1. The number of benzene rings is 1. The maximum Gasteiger partial charge on any atom is 0.239 e. The number of thiophene rings is 1. The number of anilines is 1. The van der Waals surface area contributed by atoms with Gasteiger partial charge in [-0.3, -0.25) is 4.79 Å². The lowest BCUT2D eigenvalue weighted by atomic mass is 10.1. The van der Waals surface area contributed by atoms with Crippen molar-refractivity contribution in [2.45, 2.75) is 20.4 Å². The molecular weight excluding hydrogens is 268 g/mol. The van der Waals surface area contributed by atoms with Crippen LogP contribution in [0.5, 0.6) is 0 Å². The van der Waals surface area contributed by atoms with Crippen LogP contribution in [0.3, 0.4) is 0 Å². The third-order valence-electron chi connectivity index (χ3n) is 3.07. The third-order valence-corrected chi connectivity index (χ3v) is 3.94. The topological polar surface area (TPSA) is 32.3 Å². The minimum absolute atomic E-state index is 0.0417. The van der Waals surface area contributed by atoms with E-state index >= 15 is 0 Å². The highest BCUT2D eigenvalue weighted by Crippen LogP contribution is 2.17. The van der Waals surface area contributed by atoms with Crippen molar-refractivity contribution in [3.63, 3.8) is 0 Å². The molecule has 0 atom stereocenters. The van der Waals surface area contributed by atoms with Crippen molar-refractivity contribution in [2.24, 2.45) is 0 Å². The van der Waals surface area contributed by atoms with Crippen molar-refractivity contribution in [3.05, 3.63) is 51.7 Å². The van der Waals surface area contributed by atoms with Crippen molar-refractivity contribution in [1.82, 2.24) is 5.32 Å². The van der Waals surface area contributed by atoms with Gasteiger partial charge in [0.25, 0.3) is 0 Å². The Bertz CT molecular complexity index is 558. The second-order valence-electron chi connectivity index (χ2n) is 5.06. The second kappa shape index (κ2) is 6.57. The van der Waals surface area contributed by atoms with E-state index in [1.54, 1.807) is 11.3 Å². The number of nitrogens with one attached hydrogen (secondary N) is 1. The van der Waals surface area contributed by atoms with Gasteiger partial charge in [-0.25, -0.2) is 0 Å². The lowest BCUT2D eigenvalue weighted by Crippen LogP contribution is -2.34. The van der Waals surface area contributed by atoms with Crippen LogP contribution in [0.15, 0.2) is 35.7 Å². The van der Waals surface area contributed by atoms with Gasteiger partial charge in [0.05, 0.1) is 13.1 Å². The molecule has 0 saturated heterocycles. The lowest BCUT2D eigenvalue weighted by Gasteiger charge is -2.20. The molecule has 1 heterocycles. The Morgan fingerprint density at radius 1 is 1.25 bits per heavy atom. The largest absolute Gasteiger partial charge is 0.365 e. The summed E-state index contributed by atoms with van der Waals surface area (Å²) in [6.45, 7) is 5.12. The number of aryl methyl sites for hydroxylation is 2. The molecule has 4 heteroatoms. The first-order chi connectivity index (χ1) is 9.54. The van der Waals surface area contributed by atoms with Crippen molar-refractivity contribution in [1.29, 1.82) is 0 Å². The number of carbonyl (C=O) groups is 1. The molecule has 0 aliphatic heterocycles. The van der Waals surface area contributed by atoms with Gasteiger partial charge in [-0.15, -0.1) is 11.3 Å². The Kier molecular flexibility index (Phi) is 4.79. The second-order valence-corrected chi connectivity index (χ2v) is 6.09. The van der Waals surface area contributed by atoms with Gasteiger partial charge in [0.1, 0.15) is 0 Å². The van der Waals surface area contributed by atoms with E-state index < -0.39 is 0 Å². The number of amides is 1. The lowest BCUT2D eigenvalue weighted by molar-refractivity contribution is -0.119. The van der Waals surface area contributed by atoms with Gasteiger partial charge in [0, 0.05) is 17.6 Å². The number of rotatable bonds is 5. The minimum Gasteiger partial charge on any atom is -0.365 e. The van der Waals surface area contributed by atoms with E-state index in [-0.39, 0.29) is 5.91 Å². The van der Waals surface area contributed by atoms with Crippen LogP contribution in [0.4, 0.5) is 5.69 Å². The highest BCUT2D eigenvalue weighted by molar-refractivity contribution is 7.09. The Morgan fingerprint density at radius 3 is 2.55 bits per heavy atom. The molecule has 1 aromatic carbocycles. The molecule has 1 amide bonds. The first-order valence-electron chi connectivity index (χ1n) is 6.63. The van der Waals surface area contributed by atoms with E-state index in [0.29, 0.717) is 13.1 Å². The molecule has 3 nitrogen and oxygen atoms in total. The van der Waals surface area contributed by atoms with E-state index in [0.717, 1.165) is 5.69 Å². The van der Waals surface area contributed by atoms with E-state index in [1.165, 1.54) is 16.0 Å². The maximum atomic E-state index is 11.9. The van der Waals surface area contributed by atoms with Gasteiger partial charge in [0.2, 0.25) is 5.91 Å². The average molecular weight is 288 g/mol. The molecule has 0 saturated carbocycles. The molecule has 2 aromatic rings. The fourth-order valence-corrected chi connectivity index (χ4v) is 2.78. The van der Waals surface area contributed by atoms with E-state index in [9.17, 15) is 4.79 Å². The molecule has 0 radical (unpaired) electrons. The van der Waals surface area contributed by atoms with Gasteiger partial charge in [-0.05, 0) is 48.6 Å². The number of likely N-dealkylation sites (N-methyl/N-ethyl adjacent to an activating group) is 1. The molecular formula is C16H20N2OS. The highest BCUT2D eigenvalue weighted by Gasteiger charge is 2.08. The minimum atomic E-state index is 0.0417. The standard InChI is InChI=1S/C16H20N2OS/c1-12-7-13(2)9-14(8-12)18(3)11-16(19)17-10-15-5-4-6-20-15/h4-9H,10-11H2,1-3H3,(H,17,19). The van der Waals surface area contributed by atoms with Crippen molar-refractivity contribution in [3.8, 4) is 0 Å². The summed E-state index contributed by atoms with van der Waals surface area (Å²) in [6.07, 6.45) is 0. The Hall–Kier alpha value is -1.81. The summed E-state index contributed by atoms with van der Waals surface area (Å²) in [6, 6.07) is 10.3. The molecule has 0 aliphatic rings. The van der Waals surface area contributed by atoms with Gasteiger partial charge >= 0.3 is 0 Å². The molecule has 1 aromatic heterocycles. The Balaban J connectivity index is 1.90. The van der Waals surface area contributed by atoms with Crippen LogP contribution >= 0.6 is 11.3 Å². The van der Waals surface area contributed by atoms with Crippen LogP contribution in [-0.4, -0.2) is 19.5 Å². The smallest absolute Gasteiger partial charge is 0.239 e. The van der Waals surface area contributed by atoms with Gasteiger partial charge in [-0.2, -0.15) is 0 Å². The van der Waals surface area contributed by atoms with E-state index in [4.69, 9.17) is 0 Å². The Morgan fingerprint density at radius 2 is 1.95 bits per heavy atom. The van der Waals surface area contributed by atoms with Crippen LogP contribution in [0.2, 0.25) is 0 Å². The summed E-state index contributed by atoms with van der Waals surface area (Å²) >= 11 is 1.66. The van der Waals surface area contributed by atoms with Gasteiger partial charge < -0.3 is 10.2 Å². The van der Waals surface area contributed by atoms with Crippen LogP contribution in [0, 0.1) is 13.8 Å². The van der Waals surface area contributed by atoms with Gasteiger partial charge in [-0.1, -0.05) is 12.1 Å². The normalized spacial score (nSPS) is 10.3. The fourth-order valence-electron chi connectivity index (χ4n) is 2.13. The molecule has 0 spiro atoms. The molecule has 106 valence electrons. The van der Waals surface area contributed by atoms with Crippen molar-refractivity contribution in [2.75, 3.05) is 18.5 Å². The van der Waals surface area contributed by atoms with E-state index in [1.807, 2.05) is 29.5 Å². The summed E-state index contributed by atoms with van der Waals surface area (Å²) in [5, 5.41) is 4.96. The molecule has 0 aliphatic carbocycles. The summed E-state index contributed by atoms with van der Waals surface area (Å²) < 4.78 is 0. The number of carbonyl (C=O) groups excluding carboxylic acids is 1. The van der Waals surface area contributed by atoms with Crippen LogP contribution < -0.4 is 10.2 Å². The SMILES string of the molecule is Cc1cc(C)cc(N(C)CC(=O)NCc2cccs2)c1. The third kappa shape index (κ3) is 4.10. The summed E-state index contributed by atoms with van der Waals surface area (Å²) in [4.78, 5) is 15.1. The van der Waals surface area contributed by atoms with Crippen molar-refractivity contribution < 1.29 is 4.79 Å². The monoisotopic (exact) mass is 288 g/mol. The molecule has 0 unspecified atom stereocenters. The quantitative estimate of drug-likeness (QED) is 0.917. The fraction of sp³-hybridized carbons (Fsp3) is 0.312. The molecule has 0 fully saturated rings. The predicted octanol–water partition coefficient (Wildman–Crippen LogP) is 3.12. The zero-order chi connectivity index (χ0) is 14.5. The van der Waals surface area contributed by atoms with Crippen LogP contribution in [-0.2, 0) is 11.3 Å². The van der Waals surface area contributed by atoms with Crippen LogP contribution in [0.25, 0.3) is 0 Å². The maximum absolute atomic E-state index is 11.9. The summed E-state index contributed by atoms with van der Waals surface area (Å²) in [5.74, 6) is 0.0417. The first-order valence-corrected chi connectivity index (χ1v) is 7.51. The van der Waals surface area contributed by atoms with Crippen LogP contribution in [0.1, 0.15) is 16.0 Å². The molecule has 20 heavy (non-hydrogen) atoms. The summed E-state index contributed by atoms with van der Waals surface area (Å²) in [7, 11) is 1.94. The van der Waals surface area contributed by atoms with Crippen molar-refractivity contribution >= 4 is 22.9 Å². The predicted molar refractivity (Wildman–Crippen MR) is 85.4 cm³/mol. The molecule has 1 N–H and O–H groups in total. The van der Waals surface area contributed by atoms with E-state index in [2.05, 4.69) is 37.4 Å². The zero-order valence-electron chi connectivity index (χ0n) is 12.1. The highest BCUT2D eigenvalue weighted by atomic mass is 32.1. The Labute approximate surface area is 124 Å². The average Bonchev–Trinajstić information content (AvgIpc) is 2.88. The van der Waals surface area contributed by atoms with Gasteiger partial charge in [0.15, 0.2) is 0 Å².